The highest BCUT2D eigenvalue weighted by molar-refractivity contribution is 6.28. The summed E-state index contributed by atoms with van der Waals surface area (Å²) in [5, 5.41) is 0.877. The summed E-state index contributed by atoms with van der Waals surface area (Å²) < 4.78 is 22.7. The monoisotopic (exact) mass is 427 g/mol. The Bertz CT molecular complexity index is 1120. The molecule has 0 saturated heterocycles. The Balaban J connectivity index is 1.58. The zero-order valence-corrected chi connectivity index (χ0v) is 17.4. The van der Waals surface area contributed by atoms with Gasteiger partial charge in [0.05, 0.1) is 30.1 Å². The molecule has 8 heteroatoms. The highest BCUT2D eigenvalue weighted by Gasteiger charge is 2.23. The lowest BCUT2D eigenvalue weighted by molar-refractivity contribution is 0.174. The number of hydrogen-bond donors (Lipinski definition) is 1. The second-order valence-corrected chi connectivity index (χ2v) is 7.88. The van der Waals surface area contributed by atoms with Crippen LogP contribution in [0.25, 0.3) is 10.9 Å². The molecule has 2 aliphatic rings. The lowest BCUT2D eigenvalue weighted by atomic mass is 10.0. The summed E-state index contributed by atoms with van der Waals surface area (Å²) in [5.41, 5.74) is 9.33. The number of nitrogens with two attached hydrogens (primary N) is 1. The third-order valence-electron chi connectivity index (χ3n) is 5.60. The third kappa shape index (κ3) is 3.43. The molecule has 2 heterocycles. The first-order chi connectivity index (χ1) is 14.6. The molecule has 0 spiro atoms. The van der Waals surface area contributed by atoms with Crippen molar-refractivity contribution in [2.24, 2.45) is 0 Å². The van der Waals surface area contributed by atoms with Crippen LogP contribution >= 0.6 is 11.6 Å². The van der Waals surface area contributed by atoms with Crippen molar-refractivity contribution in [1.82, 2.24) is 9.97 Å². The Morgan fingerprint density at radius 3 is 2.73 bits per heavy atom. The molecule has 1 fully saturated rings. The van der Waals surface area contributed by atoms with Gasteiger partial charge in [-0.2, -0.15) is 0 Å². The van der Waals surface area contributed by atoms with Crippen LogP contribution in [0.3, 0.4) is 0 Å². The largest absolute Gasteiger partial charge is 0.491 e. The molecule has 0 atom stereocenters. The Kier molecular flexibility index (Phi) is 4.90. The van der Waals surface area contributed by atoms with E-state index in [1.807, 2.05) is 24.3 Å². The standard InChI is InChI=1S/C22H22ClN3O4/c1-27-21-18(30-13-4-2-3-5-13)10-15-19(20(21)24)14(25-22(23)26-15)8-12-6-7-16-17(9-12)29-11-28-16/h6-7,9-10,13H,2-5,8,11,24H2,1H3. The van der Waals surface area contributed by atoms with E-state index in [1.165, 1.54) is 12.8 Å². The summed E-state index contributed by atoms with van der Waals surface area (Å²) in [6, 6.07) is 7.65. The highest BCUT2D eigenvalue weighted by Crippen LogP contribution is 2.42. The number of ether oxygens (including phenoxy) is 4. The number of nitrogens with zero attached hydrogens (tertiary/aromatic N) is 2. The molecule has 1 aliphatic heterocycles. The van der Waals surface area contributed by atoms with Gasteiger partial charge in [-0.05, 0) is 55.0 Å². The molecule has 7 nitrogen and oxygen atoms in total. The van der Waals surface area contributed by atoms with Gasteiger partial charge >= 0.3 is 0 Å². The van der Waals surface area contributed by atoms with Crippen LogP contribution < -0.4 is 24.7 Å². The van der Waals surface area contributed by atoms with Gasteiger partial charge in [0.15, 0.2) is 23.0 Å². The Morgan fingerprint density at radius 2 is 1.93 bits per heavy atom. The predicted octanol–water partition coefficient (Wildman–Crippen LogP) is 4.51. The minimum atomic E-state index is 0.162. The molecule has 3 aromatic rings. The number of rotatable bonds is 5. The van der Waals surface area contributed by atoms with Gasteiger partial charge in [0.1, 0.15) is 0 Å². The summed E-state index contributed by atoms with van der Waals surface area (Å²) in [4.78, 5) is 8.87. The van der Waals surface area contributed by atoms with Crippen molar-refractivity contribution < 1.29 is 18.9 Å². The van der Waals surface area contributed by atoms with E-state index < -0.39 is 0 Å². The molecule has 2 aromatic carbocycles. The van der Waals surface area contributed by atoms with Crippen LogP contribution in [0.2, 0.25) is 5.28 Å². The minimum absolute atomic E-state index is 0.162. The van der Waals surface area contributed by atoms with Crippen LogP contribution in [-0.4, -0.2) is 30.0 Å². The van der Waals surface area contributed by atoms with E-state index in [-0.39, 0.29) is 18.2 Å². The molecule has 0 unspecified atom stereocenters. The van der Waals surface area contributed by atoms with Gasteiger partial charge in [-0.25, -0.2) is 9.97 Å². The van der Waals surface area contributed by atoms with Crippen LogP contribution in [0.5, 0.6) is 23.0 Å². The van der Waals surface area contributed by atoms with Crippen molar-refractivity contribution in [2.45, 2.75) is 38.2 Å². The SMILES string of the molecule is COc1c(OC2CCCC2)cc2nc(Cl)nc(Cc3ccc4c(c3)OCO4)c2c1N. The lowest BCUT2D eigenvalue weighted by Crippen LogP contribution is -2.12. The number of fused-ring (bicyclic) bond motifs is 2. The maximum Gasteiger partial charge on any atom is 0.231 e. The molecule has 0 radical (unpaired) electrons. The van der Waals surface area contributed by atoms with Crippen molar-refractivity contribution in [3.05, 3.63) is 40.8 Å². The van der Waals surface area contributed by atoms with Crippen molar-refractivity contribution in [1.29, 1.82) is 0 Å². The summed E-state index contributed by atoms with van der Waals surface area (Å²) in [6.45, 7) is 0.231. The van der Waals surface area contributed by atoms with Gasteiger partial charge in [0, 0.05) is 17.9 Å². The quantitative estimate of drug-likeness (QED) is 0.473. The maximum absolute atomic E-state index is 6.53. The predicted molar refractivity (Wildman–Crippen MR) is 114 cm³/mol. The van der Waals surface area contributed by atoms with Crippen molar-refractivity contribution in [2.75, 3.05) is 19.6 Å². The van der Waals surface area contributed by atoms with Crippen LogP contribution in [0.4, 0.5) is 5.69 Å². The van der Waals surface area contributed by atoms with E-state index in [2.05, 4.69) is 9.97 Å². The van der Waals surface area contributed by atoms with E-state index in [4.69, 9.17) is 36.3 Å². The number of aromatic nitrogens is 2. The molecular formula is C22H22ClN3O4. The van der Waals surface area contributed by atoms with E-state index in [0.29, 0.717) is 40.2 Å². The van der Waals surface area contributed by atoms with Crippen molar-refractivity contribution in [3.63, 3.8) is 0 Å². The van der Waals surface area contributed by atoms with E-state index in [9.17, 15) is 0 Å². The maximum atomic E-state index is 6.53. The number of methoxy groups -OCH3 is 1. The van der Waals surface area contributed by atoms with Gasteiger partial charge in [0.2, 0.25) is 12.1 Å². The van der Waals surface area contributed by atoms with Crippen LogP contribution in [0.1, 0.15) is 36.9 Å². The molecule has 1 aliphatic carbocycles. The van der Waals surface area contributed by atoms with Gasteiger partial charge in [-0.15, -0.1) is 0 Å². The van der Waals surface area contributed by atoms with E-state index in [1.54, 1.807) is 7.11 Å². The molecule has 1 aromatic heterocycles. The zero-order chi connectivity index (χ0) is 20.7. The van der Waals surface area contributed by atoms with Gasteiger partial charge in [-0.3, -0.25) is 0 Å². The molecule has 5 rings (SSSR count). The zero-order valence-electron chi connectivity index (χ0n) is 16.6. The number of halogens is 1. The fourth-order valence-corrected chi connectivity index (χ4v) is 4.38. The third-order valence-corrected chi connectivity index (χ3v) is 5.77. The normalized spacial score (nSPS) is 15.7. The lowest BCUT2D eigenvalue weighted by Gasteiger charge is -2.19. The minimum Gasteiger partial charge on any atom is -0.491 e. The summed E-state index contributed by atoms with van der Waals surface area (Å²) in [6.07, 6.45) is 5.07. The van der Waals surface area contributed by atoms with Crippen molar-refractivity contribution >= 4 is 28.2 Å². The second kappa shape index (κ2) is 7.72. The smallest absolute Gasteiger partial charge is 0.231 e. The van der Waals surface area contributed by atoms with E-state index in [0.717, 1.165) is 29.9 Å². The summed E-state index contributed by atoms with van der Waals surface area (Å²) in [7, 11) is 1.59. The number of nitrogen functional groups attached to an aromatic ring is 1. The highest BCUT2D eigenvalue weighted by atomic mass is 35.5. The van der Waals surface area contributed by atoms with Crippen LogP contribution in [-0.2, 0) is 6.42 Å². The molecule has 0 bridgehead atoms. The fourth-order valence-electron chi connectivity index (χ4n) is 4.19. The Labute approximate surface area is 179 Å². The first kappa shape index (κ1) is 19.1. The molecule has 30 heavy (non-hydrogen) atoms. The number of anilines is 1. The first-order valence-corrected chi connectivity index (χ1v) is 10.4. The molecular weight excluding hydrogens is 406 g/mol. The molecule has 156 valence electrons. The molecule has 0 amide bonds. The first-order valence-electron chi connectivity index (χ1n) is 10.00. The second-order valence-electron chi connectivity index (χ2n) is 7.54. The molecule has 2 N–H and O–H groups in total. The van der Waals surface area contributed by atoms with Gasteiger partial charge < -0.3 is 24.7 Å². The summed E-state index contributed by atoms with van der Waals surface area (Å²) >= 11 is 6.25. The van der Waals surface area contributed by atoms with Crippen LogP contribution in [0, 0.1) is 0 Å². The average molecular weight is 428 g/mol. The number of benzene rings is 2. The Hall–Kier alpha value is -2.93. The average Bonchev–Trinajstić information content (AvgIpc) is 3.39. The summed E-state index contributed by atoms with van der Waals surface area (Å²) in [5.74, 6) is 2.56. The molecule has 1 saturated carbocycles. The van der Waals surface area contributed by atoms with Gasteiger partial charge in [0.25, 0.3) is 0 Å². The van der Waals surface area contributed by atoms with Gasteiger partial charge in [-0.1, -0.05) is 6.07 Å². The fraction of sp³-hybridized carbons (Fsp3) is 0.364. The van der Waals surface area contributed by atoms with Crippen molar-refractivity contribution in [3.8, 4) is 23.0 Å². The number of hydrogen-bond acceptors (Lipinski definition) is 7. The van der Waals surface area contributed by atoms with Crippen LogP contribution in [0.15, 0.2) is 24.3 Å². The topological polar surface area (TPSA) is 88.7 Å². The Morgan fingerprint density at radius 1 is 1.13 bits per heavy atom. The van der Waals surface area contributed by atoms with E-state index >= 15 is 0 Å².